The van der Waals surface area contributed by atoms with Crippen molar-refractivity contribution >= 4 is 41.1 Å². The Balaban J connectivity index is 2.19. The largest absolute Gasteiger partial charge is 0.481 e. The molecule has 5 nitrogen and oxygen atoms in total. The Morgan fingerprint density at radius 2 is 1.88 bits per heavy atom. The number of thioether (sulfide) groups is 2. The van der Waals surface area contributed by atoms with Gasteiger partial charge < -0.3 is 16.2 Å². The van der Waals surface area contributed by atoms with E-state index in [-0.39, 0.29) is 12.3 Å². The topological polar surface area (TPSA) is 92.4 Å². The van der Waals surface area contributed by atoms with Crippen LogP contribution in [-0.4, -0.2) is 46.0 Å². The van der Waals surface area contributed by atoms with Gasteiger partial charge in [-0.1, -0.05) is 24.6 Å². The van der Waals surface area contributed by atoms with Gasteiger partial charge in [0.05, 0.1) is 5.75 Å². The number of carboxylic acid groups (broad SMARTS) is 1. The fraction of sp³-hybridized carbons (Fsp3) is 0.556. The first kappa shape index (κ1) is 21.9. The molecule has 25 heavy (non-hydrogen) atoms. The number of nitrogens with two attached hydrogens (primary N) is 1. The number of benzene rings is 1. The SMILES string of the molecule is NCCSC(CCCCC(=O)O)CCSCC(=O)Nc1ccccc1. The number of nitrogens with one attached hydrogen (secondary N) is 1. The fourth-order valence-corrected chi connectivity index (χ4v) is 4.38. The maximum atomic E-state index is 11.9. The molecule has 1 unspecified atom stereocenters. The number of carbonyl (C=O) groups excluding carboxylic acids is 1. The molecule has 0 aliphatic carbocycles. The van der Waals surface area contributed by atoms with E-state index in [1.165, 1.54) is 0 Å². The highest BCUT2D eigenvalue weighted by Gasteiger charge is 2.10. The van der Waals surface area contributed by atoms with Crippen LogP contribution in [0, 0.1) is 0 Å². The molecule has 1 amide bonds. The number of amides is 1. The van der Waals surface area contributed by atoms with Crippen LogP contribution in [0.1, 0.15) is 32.1 Å². The summed E-state index contributed by atoms with van der Waals surface area (Å²) >= 11 is 3.49. The molecule has 1 rings (SSSR count). The van der Waals surface area contributed by atoms with Crippen molar-refractivity contribution in [3.63, 3.8) is 0 Å². The first-order valence-electron chi connectivity index (χ1n) is 8.58. The first-order valence-corrected chi connectivity index (χ1v) is 10.8. The molecule has 0 heterocycles. The quantitative estimate of drug-likeness (QED) is 0.426. The number of carbonyl (C=O) groups is 2. The second-order valence-corrected chi connectivity index (χ2v) is 8.19. The summed E-state index contributed by atoms with van der Waals surface area (Å²) < 4.78 is 0. The van der Waals surface area contributed by atoms with Crippen molar-refractivity contribution < 1.29 is 14.7 Å². The Hall–Kier alpha value is -1.18. The van der Waals surface area contributed by atoms with E-state index < -0.39 is 5.97 Å². The molecule has 0 radical (unpaired) electrons. The minimum Gasteiger partial charge on any atom is -0.481 e. The third kappa shape index (κ3) is 11.9. The van der Waals surface area contributed by atoms with Crippen LogP contribution in [0.4, 0.5) is 5.69 Å². The number of aliphatic carboxylic acids is 1. The third-order valence-electron chi connectivity index (χ3n) is 3.51. The zero-order valence-corrected chi connectivity index (χ0v) is 16.1. The van der Waals surface area contributed by atoms with Crippen molar-refractivity contribution in [3.8, 4) is 0 Å². The average molecular weight is 385 g/mol. The van der Waals surface area contributed by atoms with Crippen LogP contribution in [0.3, 0.4) is 0 Å². The number of anilines is 1. The molecule has 1 atom stereocenters. The molecular weight excluding hydrogens is 356 g/mol. The van der Waals surface area contributed by atoms with Crippen molar-refractivity contribution in [1.82, 2.24) is 0 Å². The van der Waals surface area contributed by atoms with E-state index in [2.05, 4.69) is 5.32 Å². The van der Waals surface area contributed by atoms with Gasteiger partial charge >= 0.3 is 5.97 Å². The Labute approximate surface area is 158 Å². The van der Waals surface area contributed by atoms with Gasteiger partial charge in [-0.05, 0) is 37.1 Å². The van der Waals surface area contributed by atoms with E-state index in [0.29, 0.717) is 17.5 Å². The van der Waals surface area contributed by atoms with E-state index in [1.807, 2.05) is 42.1 Å². The highest BCUT2D eigenvalue weighted by atomic mass is 32.2. The average Bonchev–Trinajstić information content (AvgIpc) is 2.60. The molecule has 0 spiro atoms. The summed E-state index contributed by atoms with van der Waals surface area (Å²) in [5.74, 6) is 1.57. The summed E-state index contributed by atoms with van der Waals surface area (Å²) in [5, 5.41) is 12.1. The van der Waals surface area contributed by atoms with Crippen LogP contribution in [0.2, 0.25) is 0 Å². The molecule has 0 aliphatic heterocycles. The van der Waals surface area contributed by atoms with Gasteiger partial charge in [-0.3, -0.25) is 9.59 Å². The summed E-state index contributed by atoms with van der Waals surface area (Å²) in [5.41, 5.74) is 6.40. The molecule has 1 aromatic rings. The molecule has 140 valence electrons. The van der Waals surface area contributed by atoms with Crippen molar-refractivity contribution in [1.29, 1.82) is 0 Å². The van der Waals surface area contributed by atoms with Crippen LogP contribution in [0.5, 0.6) is 0 Å². The smallest absolute Gasteiger partial charge is 0.303 e. The Morgan fingerprint density at radius 1 is 1.12 bits per heavy atom. The standard InChI is InChI=1S/C18H28N2O3S2/c19-11-13-25-16(8-4-5-9-18(22)23)10-12-24-14-17(21)20-15-6-2-1-3-7-15/h1-3,6-7,16H,4-5,8-14,19H2,(H,20,21)(H,22,23). The van der Waals surface area contributed by atoms with Crippen LogP contribution < -0.4 is 11.1 Å². The summed E-state index contributed by atoms with van der Waals surface area (Å²) in [6, 6.07) is 9.46. The van der Waals surface area contributed by atoms with Gasteiger partial charge in [-0.25, -0.2) is 0 Å². The van der Waals surface area contributed by atoms with E-state index in [0.717, 1.165) is 42.9 Å². The third-order valence-corrected chi connectivity index (χ3v) is 5.92. The number of carboxylic acids is 1. The molecule has 0 fully saturated rings. The number of hydrogen-bond acceptors (Lipinski definition) is 5. The number of hydrogen-bond donors (Lipinski definition) is 3. The van der Waals surface area contributed by atoms with E-state index in [1.54, 1.807) is 11.8 Å². The number of unbranched alkanes of at least 4 members (excludes halogenated alkanes) is 1. The Kier molecular flexibility index (Phi) is 12.3. The zero-order chi connectivity index (χ0) is 18.3. The molecular formula is C18H28N2O3S2. The molecule has 1 aromatic carbocycles. The molecule has 7 heteroatoms. The monoisotopic (exact) mass is 384 g/mol. The van der Waals surface area contributed by atoms with Gasteiger partial charge in [-0.2, -0.15) is 23.5 Å². The zero-order valence-electron chi connectivity index (χ0n) is 14.5. The predicted molar refractivity (Wildman–Crippen MR) is 108 cm³/mol. The highest BCUT2D eigenvalue weighted by Crippen LogP contribution is 2.23. The van der Waals surface area contributed by atoms with Crippen molar-refractivity contribution in [2.24, 2.45) is 5.73 Å². The van der Waals surface area contributed by atoms with Gasteiger partial charge in [0.2, 0.25) is 5.91 Å². The lowest BCUT2D eigenvalue weighted by Crippen LogP contribution is -2.15. The molecule has 0 saturated heterocycles. The van der Waals surface area contributed by atoms with Crippen molar-refractivity contribution in [2.75, 3.05) is 29.1 Å². The molecule has 0 aliphatic rings. The lowest BCUT2D eigenvalue weighted by molar-refractivity contribution is -0.137. The minimum atomic E-state index is -0.730. The van der Waals surface area contributed by atoms with Gasteiger partial charge in [-0.15, -0.1) is 0 Å². The van der Waals surface area contributed by atoms with Crippen LogP contribution in [0.15, 0.2) is 30.3 Å². The predicted octanol–water partition coefficient (Wildman–Crippen LogP) is 3.45. The molecule has 0 aromatic heterocycles. The normalized spacial score (nSPS) is 11.9. The Bertz CT molecular complexity index is 500. The van der Waals surface area contributed by atoms with Crippen LogP contribution in [0.25, 0.3) is 0 Å². The summed E-state index contributed by atoms with van der Waals surface area (Å²) in [4.78, 5) is 22.5. The number of para-hydroxylation sites is 1. The first-order chi connectivity index (χ1) is 12.1. The van der Waals surface area contributed by atoms with E-state index in [9.17, 15) is 9.59 Å². The van der Waals surface area contributed by atoms with Gasteiger partial charge in [0.1, 0.15) is 0 Å². The molecule has 4 N–H and O–H groups in total. The minimum absolute atomic E-state index is 0.0174. The maximum absolute atomic E-state index is 11.9. The summed E-state index contributed by atoms with van der Waals surface area (Å²) in [6.45, 7) is 0.656. The number of rotatable bonds is 14. The lowest BCUT2D eigenvalue weighted by Gasteiger charge is -2.16. The second-order valence-electron chi connectivity index (χ2n) is 5.68. The van der Waals surface area contributed by atoms with Crippen molar-refractivity contribution in [2.45, 2.75) is 37.4 Å². The van der Waals surface area contributed by atoms with Gasteiger partial charge in [0.25, 0.3) is 0 Å². The van der Waals surface area contributed by atoms with E-state index >= 15 is 0 Å². The second kappa shape index (κ2) is 14.0. The molecule has 0 bridgehead atoms. The maximum Gasteiger partial charge on any atom is 0.303 e. The Morgan fingerprint density at radius 3 is 2.56 bits per heavy atom. The van der Waals surface area contributed by atoms with Gasteiger partial charge in [0, 0.05) is 29.7 Å². The fourth-order valence-electron chi connectivity index (χ4n) is 2.29. The highest BCUT2D eigenvalue weighted by molar-refractivity contribution is 8.00. The van der Waals surface area contributed by atoms with Gasteiger partial charge in [0.15, 0.2) is 0 Å². The van der Waals surface area contributed by atoms with E-state index in [4.69, 9.17) is 10.8 Å². The summed E-state index contributed by atoms with van der Waals surface area (Å²) in [6.07, 6.45) is 3.91. The molecule has 0 saturated carbocycles. The van der Waals surface area contributed by atoms with Crippen LogP contribution in [-0.2, 0) is 9.59 Å². The van der Waals surface area contributed by atoms with Crippen LogP contribution >= 0.6 is 23.5 Å². The lowest BCUT2D eigenvalue weighted by atomic mass is 10.1. The van der Waals surface area contributed by atoms with Crippen molar-refractivity contribution in [3.05, 3.63) is 30.3 Å². The summed E-state index contributed by atoms with van der Waals surface area (Å²) in [7, 11) is 0.